The van der Waals surface area contributed by atoms with Gasteiger partial charge in [0.15, 0.2) is 0 Å². The van der Waals surface area contributed by atoms with Gasteiger partial charge in [-0.15, -0.1) is 0 Å². The van der Waals surface area contributed by atoms with E-state index in [2.05, 4.69) is 32.1 Å². The highest BCUT2D eigenvalue weighted by Gasteiger charge is 2.30. The summed E-state index contributed by atoms with van der Waals surface area (Å²) >= 11 is 0. The quantitative estimate of drug-likeness (QED) is 0.242. The highest BCUT2D eigenvalue weighted by Crippen LogP contribution is 2.40. The van der Waals surface area contributed by atoms with Crippen LogP contribution in [0.4, 0.5) is 0 Å². The van der Waals surface area contributed by atoms with Crippen LogP contribution in [-0.2, 0) is 4.74 Å². The molecular formula is C23H40O. The van der Waals surface area contributed by atoms with Crippen molar-refractivity contribution in [1.82, 2.24) is 0 Å². The van der Waals surface area contributed by atoms with Crippen molar-refractivity contribution >= 4 is 0 Å². The van der Waals surface area contributed by atoms with Crippen molar-refractivity contribution in [3.05, 3.63) is 24.5 Å². The van der Waals surface area contributed by atoms with E-state index in [1.54, 1.807) is 0 Å². The summed E-state index contributed by atoms with van der Waals surface area (Å²) in [6.07, 6.45) is 27.1. The van der Waals surface area contributed by atoms with E-state index in [1.165, 1.54) is 77.0 Å². The average Bonchev–Trinajstić information content (AvgIpc) is 2.64. The lowest BCUT2D eigenvalue weighted by molar-refractivity contribution is 0.0649. The standard InChI is InChI=1S/C23H40O/c1-3-5-7-8-10-20-11-13-21(14-12-20)22-15-17-23(18-16-22)24-19-9-6-4-2/h8-10,19-23H,3-7,11-18H2,1-2H3/b10-8+,19-9+/t20-,21-,22?,23?. The van der Waals surface area contributed by atoms with E-state index >= 15 is 0 Å². The lowest BCUT2D eigenvalue weighted by Gasteiger charge is -2.37. The van der Waals surface area contributed by atoms with Crippen LogP contribution in [0.5, 0.6) is 0 Å². The minimum atomic E-state index is 0.493. The second-order valence-corrected chi connectivity index (χ2v) is 8.08. The van der Waals surface area contributed by atoms with Crippen molar-refractivity contribution in [3.8, 4) is 0 Å². The molecule has 2 rings (SSSR count). The zero-order valence-corrected chi connectivity index (χ0v) is 16.2. The first-order valence-corrected chi connectivity index (χ1v) is 10.8. The van der Waals surface area contributed by atoms with Gasteiger partial charge in [-0.2, -0.15) is 0 Å². The van der Waals surface area contributed by atoms with Gasteiger partial charge in [0.25, 0.3) is 0 Å². The number of hydrogen-bond acceptors (Lipinski definition) is 1. The first kappa shape index (κ1) is 19.6. The Morgan fingerprint density at radius 1 is 0.750 bits per heavy atom. The Balaban J connectivity index is 1.61. The third-order valence-electron chi connectivity index (χ3n) is 6.16. The second kappa shape index (κ2) is 11.8. The maximum atomic E-state index is 5.91. The molecule has 0 atom stereocenters. The van der Waals surface area contributed by atoms with Gasteiger partial charge in [0, 0.05) is 0 Å². The maximum absolute atomic E-state index is 5.91. The molecule has 0 N–H and O–H groups in total. The van der Waals surface area contributed by atoms with Gasteiger partial charge in [0.05, 0.1) is 12.4 Å². The SMILES string of the molecule is CCC/C=C/OC1CCC([C@H]2CC[C@H](/C=C/CCCC)CC2)CC1. The van der Waals surface area contributed by atoms with Crippen molar-refractivity contribution in [1.29, 1.82) is 0 Å². The van der Waals surface area contributed by atoms with Crippen LogP contribution in [0.25, 0.3) is 0 Å². The third kappa shape index (κ3) is 7.03. The molecule has 0 radical (unpaired) electrons. The topological polar surface area (TPSA) is 9.23 Å². The molecule has 2 saturated carbocycles. The van der Waals surface area contributed by atoms with Gasteiger partial charge in [-0.25, -0.2) is 0 Å². The molecule has 0 spiro atoms. The van der Waals surface area contributed by atoms with Crippen molar-refractivity contribution < 1.29 is 4.74 Å². The van der Waals surface area contributed by atoms with Crippen LogP contribution in [0, 0.1) is 17.8 Å². The van der Waals surface area contributed by atoms with E-state index < -0.39 is 0 Å². The zero-order valence-electron chi connectivity index (χ0n) is 16.2. The Morgan fingerprint density at radius 2 is 1.42 bits per heavy atom. The van der Waals surface area contributed by atoms with Gasteiger partial charge in [-0.3, -0.25) is 0 Å². The van der Waals surface area contributed by atoms with Gasteiger partial charge < -0.3 is 4.74 Å². The van der Waals surface area contributed by atoms with Gasteiger partial charge in [-0.1, -0.05) is 45.3 Å². The van der Waals surface area contributed by atoms with Gasteiger partial charge in [-0.05, 0) is 88.0 Å². The molecule has 0 bridgehead atoms. The van der Waals surface area contributed by atoms with E-state index in [-0.39, 0.29) is 0 Å². The Hall–Kier alpha value is -0.720. The van der Waals surface area contributed by atoms with Gasteiger partial charge in [0.1, 0.15) is 0 Å². The fourth-order valence-electron chi connectivity index (χ4n) is 4.52. The minimum Gasteiger partial charge on any atom is -0.498 e. The molecule has 0 amide bonds. The molecule has 1 nitrogen and oxygen atoms in total. The van der Waals surface area contributed by atoms with Crippen LogP contribution < -0.4 is 0 Å². The molecular weight excluding hydrogens is 292 g/mol. The Morgan fingerprint density at radius 3 is 2.04 bits per heavy atom. The molecule has 0 heterocycles. The molecule has 24 heavy (non-hydrogen) atoms. The normalized spacial score (nSPS) is 31.8. The first-order chi connectivity index (χ1) is 11.8. The Kier molecular flexibility index (Phi) is 9.61. The van der Waals surface area contributed by atoms with E-state index in [0.29, 0.717) is 6.10 Å². The highest BCUT2D eigenvalue weighted by molar-refractivity contribution is 4.92. The van der Waals surface area contributed by atoms with Crippen LogP contribution in [0.1, 0.15) is 97.3 Å². The maximum Gasteiger partial charge on any atom is 0.0978 e. The monoisotopic (exact) mass is 332 g/mol. The number of allylic oxidation sites excluding steroid dienone is 3. The third-order valence-corrected chi connectivity index (χ3v) is 6.16. The van der Waals surface area contributed by atoms with Crippen molar-refractivity contribution in [2.45, 2.75) is 103 Å². The van der Waals surface area contributed by atoms with Crippen LogP contribution in [-0.4, -0.2) is 6.10 Å². The lowest BCUT2D eigenvalue weighted by atomic mass is 9.70. The molecule has 0 unspecified atom stereocenters. The highest BCUT2D eigenvalue weighted by atomic mass is 16.5. The first-order valence-electron chi connectivity index (χ1n) is 10.8. The average molecular weight is 333 g/mol. The van der Waals surface area contributed by atoms with Crippen LogP contribution in [0.2, 0.25) is 0 Å². The number of unbranched alkanes of at least 4 members (excludes halogenated alkanes) is 3. The summed E-state index contributed by atoms with van der Waals surface area (Å²) in [5.41, 5.74) is 0. The van der Waals surface area contributed by atoms with Gasteiger partial charge >= 0.3 is 0 Å². The summed E-state index contributed by atoms with van der Waals surface area (Å²) in [4.78, 5) is 0. The smallest absolute Gasteiger partial charge is 0.0978 e. The zero-order chi connectivity index (χ0) is 17.0. The van der Waals surface area contributed by atoms with E-state index in [4.69, 9.17) is 4.74 Å². The van der Waals surface area contributed by atoms with E-state index in [0.717, 1.165) is 24.2 Å². The summed E-state index contributed by atoms with van der Waals surface area (Å²) in [6, 6.07) is 0. The minimum absolute atomic E-state index is 0.493. The molecule has 0 aromatic carbocycles. The summed E-state index contributed by atoms with van der Waals surface area (Å²) in [7, 11) is 0. The molecule has 138 valence electrons. The molecule has 0 saturated heterocycles. The second-order valence-electron chi connectivity index (χ2n) is 8.08. The summed E-state index contributed by atoms with van der Waals surface area (Å²) in [5.74, 6) is 2.86. The molecule has 1 heteroatoms. The molecule has 2 aliphatic rings. The molecule has 2 aliphatic carbocycles. The number of rotatable bonds is 9. The Labute approximate surface area is 150 Å². The Bertz CT molecular complexity index is 354. The van der Waals surface area contributed by atoms with Gasteiger partial charge in [0.2, 0.25) is 0 Å². The summed E-state index contributed by atoms with van der Waals surface area (Å²) < 4.78 is 5.91. The molecule has 0 aromatic rings. The summed E-state index contributed by atoms with van der Waals surface area (Å²) in [6.45, 7) is 4.49. The van der Waals surface area contributed by atoms with Crippen LogP contribution >= 0.6 is 0 Å². The predicted molar refractivity (Wildman–Crippen MR) is 105 cm³/mol. The van der Waals surface area contributed by atoms with Crippen molar-refractivity contribution in [2.75, 3.05) is 0 Å². The molecule has 0 aromatic heterocycles. The summed E-state index contributed by atoms with van der Waals surface area (Å²) in [5, 5.41) is 0. The molecule has 0 aliphatic heterocycles. The van der Waals surface area contributed by atoms with Crippen molar-refractivity contribution in [3.63, 3.8) is 0 Å². The number of ether oxygens (including phenoxy) is 1. The fraction of sp³-hybridized carbons (Fsp3) is 0.826. The predicted octanol–water partition coefficient (Wildman–Crippen LogP) is 7.43. The van der Waals surface area contributed by atoms with E-state index in [1.807, 2.05) is 6.26 Å². The van der Waals surface area contributed by atoms with Crippen LogP contribution in [0.15, 0.2) is 24.5 Å². The van der Waals surface area contributed by atoms with Crippen molar-refractivity contribution in [2.24, 2.45) is 17.8 Å². The number of hydrogen-bond donors (Lipinski definition) is 0. The largest absolute Gasteiger partial charge is 0.498 e. The fourth-order valence-corrected chi connectivity index (χ4v) is 4.52. The van der Waals surface area contributed by atoms with E-state index in [9.17, 15) is 0 Å². The molecule has 2 fully saturated rings. The van der Waals surface area contributed by atoms with Crippen LogP contribution in [0.3, 0.4) is 0 Å². The lowest BCUT2D eigenvalue weighted by Crippen LogP contribution is -2.27.